The molecule has 0 radical (unpaired) electrons. The summed E-state index contributed by atoms with van der Waals surface area (Å²) < 4.78 is 6.44. The maximum Gasteiger partial charge on any atom is 0.267 e. The van der Waals surface area contributed by atoms with Crippen molar-refractivity contribution in [3.8, 4) is 11.5 Å². The standard InChI is InChI=1S/C20H20N4O4/c1-13(25)21-14-6-8-15(9-7-14)22-19(27)20(2,3)24-18(26)11-10-16(23-24)17-5-4-12-28-17/h4-12H,1-3H3,(H,21,25)(H,22,27). The number of aromatic nitrogens is 2. The Kier molecular flexibility index (Phi) is 5.12. The van der Waals surface area contributed by atoms with Gasteiger partial charge in [0.2, 0.25) is 5.91 Å². The summed E-state index contributed by atoms with van der Waals surface area (Å²) >= 11 is 0. The Balaban J connectivity index is 1.84. The van der Waals surface area contributed by atoms with Gasteiger partial charge in [-0.15, -0.1) is 0 Å². The number of furan rings is 1. The molecule has 8 heteroatoms. The van der Waals surface area contributed by atoms with Crippen molar-refractivity contribution in [1.82, 2.24) is 9.78 Å². The zero-order valence-electron chi connectivity index (χ0n) is 15.7. The third kappa shape index (κ3) is 4.01. The molecule has 0 spiro atoms. The van der Waals surface area contributed by atoms with Gasteiger partial charge in [-0.3, -0.25) is 14.4 Å². The molecule has 0 aliphatic rings. The van der Waals surface area contributed by atoms with Crippen LogP contribution in [-0.2, 0) is 15.1 Å². The topological polar surface area (TPSA) is 106 Å². The van der Waals surface area contributed by atoms with Gasteiger partial charge in [-0.2, -0.15) is 5.10 Å². The van der Waals surface area contributed by atoms with Gasteiger partial charge in [0, 0.05) is 24.4 Å². The van der Waals surface area contributed by atoms with E-state index < -0.39 is 17.0 Å². The molecule has 3 rings (SSSR count). The predicted molar refractivity (Wildman–Crippen MR) is 105 cm³/mol. The summed E-state index contributed by atoms with van der Waals surface area (Å²) in [5.74, 6) is -0.0932. The van der Waals surface area contributed by atoms with Gasteiger partial charge < -0.3 is 15.1 Å². The highest BCUT2D eigenvalue weighted by molar-refractivity contribution is 5.96. The average Bonchev–Trinajstić information content (AvgIpc) is 3.18. The first kappa shape index (κ1) is 19.1. The van der Waals surface area contributed by atoms with E-state index in [0.29, 0.717) is 22.8 Å². The van der Waals surface area contributed by atoms with Crippen LogP contribution in [0.2, 0.25) is 0 Å². The molecule has 144 valence electrons. The van der Waals surface area contributed by atoms with Gasteiger partial charge in [0.1, 0.15) is 11.2 Å². The first-order valence-corrected chi connectivity index (χ1v) is 8.61. The number of carbonyl (C=O) groups excluding carboxylic acids is 2. The van der Waals surface area contributed by atoms with Crippen LogP contribution in [-0.4, -0.2) is 21.6 Å². The fourth-order valence-corrected chi connectivity index (χ4v) is 2.59. The van der Waals surface area contributed by atoms with Gasteiger partial charge in [-0.05, 0) is 56.3 Å². The van der Waals surface area contributed by atoms with Crippen molar-refractivity contribution >= 4 is 23.2 Å². The van der Waals surface area contributed by atoms with E-state index in [2.05, 4.69) is 15.7 Å². The molecule has 0 saturated carbocycles. The molecule has 8 nitrogen and oxygen atoms in total. The number of carbonyl (C=O) groups is 2. The minimum Gasteiger partial charge on any atom is -0.463 e. The normalized spacial score (nSPS) is 11.1. The first-order chi connectivity index (χ1) is 13.3. The molecule has 2 heterocycles. The van der Waals surface area contributed by atoms with Crippen LogP contribution in [0.5, 0.6) is 0 Å². The summed E-state index contributed by atoms with van der Waals surface area (Å²) in [6.07, 6.45) is 1.51. The maximum atomic E-state index is 12.8. The van der Waals surface area contributed by atoms with E-state index in [1.54, 1.807) is 56.3 Å². The highest BCUT2D eigenvalue weighted by Gasteiger charge is 2.32. The summed E-state index contributed by atoms with van der Waals surface area (Å²) in [5.41, 5.74) is -0.0616. The number of nitrogens with zero attached hydrogens (tertiary/aromatic N) is 2. The largest absolute Gasteiger partial charge is 0.463 e. The van der Waals surface area contributed by atoms with Crippen LogP contribution >= 0.6 is 0 Å². The minimum absolute atomic E-state index is 0.181. The lowest BCUT2D eigenvalue weighted by atomic mass is 10.0. The first-order valence-electron chi connectivity index (χ1n) is 8.61. The molecule has 2 aromatic heterocycles. The zero-order chi connectivity index (χ0) is 20.3. The summed E-state index contributed by atoms with van der Waals surface area (Å²) in [6, 6.07) is 13.0. The zero-order valence-corrected chi connectivity index (χ0v) is 15.7. The number of amides is 2. The van der Waals surface area contributed by atoms with Gasteiger partial charge in [0.05, 0.1) is 6.26 Å². The third-order valence-corrected chi connectivity index (χ3v) is 4.12. The third-order valence-electron chi connectivity index (χ3n) is 4.12. The molecule has 0 aliphatic heterocycles. The summed E-state index contributed by atoms with van der Waals surface area (Å²) in [5, 5.41) is 9.72. The van der Waals surface area contributed by atoms with Crippen molar-refractivity contribution in [3.63, 3.8) is 0 Å². The van der Waals surface area contributed by atoms with E-state index in [1.165, 1.54) is 19.3 Å². The molecule has 1 aromatic carbocycles. The van der Waals surface area contributed by atoms with Crippen molar-refractivity contribution in [1.29, 1.82) is 0 Å². The van der Waals surface area contributed by atoms with Gasteiger partial charge in [-0.25, -0.2) is 4.68 Å². The van der Waals surface area contributed by atoms with E-state index in [0.717, 1.165) is 4.68 Å². The number of nitrogens with one attached hydrogen (secondary N) is 2. The Morgan fingerprint density at radius 3 is 2.21 bits per heavy atom. The molecular formula is C20H20N4O4. The highest BCUT2D eigenvalue weighted by atomic mass is 16.3. The van der Waals surface area contributed by atoms with Crippen molar-refractivity contribution in [3.05, 3.63) is 65.1 Å². The number of rotatable bonds is 5. The average molecular weight is 380 g/mol. The lowest BCUT2D eigenvalue weighted by Crippen LogP contribution is -2.47. The molecule has 28 heavy (non-hydrogen) atoms. The summed E-state index contributed by atoms with van der Waals surface area (Å²) in [7, 11) is 0. The van der Waals surface area contributed by atoms with Crippen LogP contribution < -0.4 is 16.2 Å². The summed E-state index contributed by atoms with van der Waals surface area (Å²) in [6.45, 7) is 4.63. The monoisotopic (exact) mass is 380 g/mol. The number of hydrogen-bond acceptors (Lipinski definition) is 5. The van der Waals surface area contributed by atoms with Crippen molar-refractivity contribution < 1.29 is 14.0 Å². The Hall–Kier alpha value is -3.68. The van der Waals surface area contributed by atoms with E-state index in [4.69, 9.17) is 4.42 Å². The van der Waals surface area contributed by atoms with Crippen molar-refractivity contribution in [2.75, 3.05) is 10.6 Å². The molecule has 2 amide bonds. The smallest absolute Gasteiger partial charge is 0.267 e. The number of anilines is 2. The lowest BCUT2D eigenvalue weighted by molar-refractivity contribution is -0.123. The van der Waals surface area contributed by atoms with E-state index in [1.807, 2.05) is 0 Å². The maximum absolute atomic E-state index is 12.8. The quantitative estimate of drug-likeness (QED) is 0.708. The van der Waals surface area contributed by atoms with Crippen LogP contribution in [0.3, 0.4) is 0 Å². The molecule has 0 aliphatic carbocycles. The second-order valence-corrected chi connectivity index (χ2v) is 6.72. The SMILES string of the molecule is CC(=O)Nc1ccc(NC(=O)C(C)(C)n2nc(-c3ccco3)ccc2=O)cc1. The van der Waals surface area contributed by atoms with Gasteiger partial charge in [-0.1, -0.05) is 0 Å². The molecule has 0 fully saturated rings. The number of benzene rings is 1. The Labute approximate surface area is 161 Å². The molecule has 0 saturated heterocycles. The van der Waals surface area contributed by atoms with E-state index >= 15 is 0 Å². The lowest BCUT2D eigenvalue weighted by Gasteiger charge is -2.25. The molecule has 0 unspecified atom stereocenters. The Morgan fingerprint density at radius 1 is 1.00 bits per heavy atom. The predicted octanol–water partition coefficient (Wildman–Crippen LogP) is 2.84. The van der Waals surface area contributed by atoms with E-state index in [-0.39, 0.29) is 5.91 Å². The van der Waals surface area contributed by atoms with Gasteiger partial charge in [0.25, 0.3) is 11.5 Å². The fraction of sp³-hybridized carbons (Fsp3) is 0.200. The second-order valence-electron chi connectivity index (χ2n) is 6.72. The van der Waals surface area contributed by atoms with E-state index in [9.17, 15) is 14.4 Å². The number of hydrogen-bond donors (Lipinski definition) is 2. The van der Waals surface area contributed by atoms with Crippen molar-refractivity contribution in [2.24, 2.45) is 0 Å². The second kappa shape index (κ2) is 7.51. The molecule has 0 bridgehead atoms. The Bertz CT molecular complexity index is 1050. The van der Waals surface area contributed by atoms with Crippen LogP contribution in [0, 0.1) is 0 Å². The fourth-order valence-electron chi connectivity index (χ4n) is 2.59. The molecule has 0 atom stereocenters. The summed E-state index contributed by atoms with van der Waals surface area (Å²) in [4.78, 5) is 36.3. The van der Waals surface area contributed by atoms with Gasteiger partial charge >= 0.3 is 0 Å². The molecular weight excluding hydrogens is 360 g/mol. The van der Waals surface area contributed by atoms with Crippen LogP contribution in [0.1, 0.15) is 20.8 Å². The van der Waals surface area contributed by atoms with Crippen LogP contribution in [0.25, 0.3) is 11.5 Å². The highest BCUT2D eigenvalue weighted by Crippen LogP contribution is 2.20. The Morgan fingerprint density at radius 2 is 1.64 bits per heavy atom. The van der Waals surface area contributed by atoms with Gasteiger partial charge in [0.15, 0.2) is 5.76 Å². The van der Waals surface area contributed by atoms with Crippen molar-refractivity contribution in [2.45, 2.75) is 26.3 Å². The molecule has 3 aromatic rings. The van der Waals surface area contributed by atoms with Crippen LogP contribution in [0.15, 0.2) is 64.0 Å². The minimum atomic E-state index is -1.25. The molecule has 2 N–H and O–H groups in total. The van der Waals surface area contributed by atoms with Crippen LogP contribution in [0.4, 0.5) is 11.4 Å².